The van der Waals surface area contributed by atoms with Gasteiger partial charge in [0, 0.05) is 12.4 Å². The van der Waals surface area contributed by atoms with Crippen molar-refractivity contribution in [3.05, 3.63) is 42.6 Å². The summed E-state index contributed by atoms with van der Waals surface area (Å²) in [7, 11) is 0. The predicted octanol–water partition coefficient (Wildman–Crippen LogP) is 1.31. The molecular formula is C11H10N4O2S. The maximum atomic E-state index is 11.4. The summed E-state index contributed by atoms with van der Waals surface area (Å²) in [6.45, 7) is 0. The topological polar surface area (TPSA) is 80.4 Å². The predicted molar refractivity (Wildman–Crippen MR) is 67.2 cm³/mol. The third-order valence-electron chi connectivity index (χ3n) is 1.80. The standard InChI is InChI=1S/C11H10N4O2S/c16-10(8-18-11-12-4-2-5-13-11)15-14-7-9-3-1-6-17-9/h1-7H,8H2,(H,15,16)/b14-7-. The number of amides is 1. The number of nitrogens with zero attached hydrogens (tertiary/aromatic N) is 3. The van der Waals surface area contributed by atoms with Gasteiger partial charge in [-0.2, -0.15) is 5.10 Å². The average Bonchev–Trinajstić information content (AvgIpc) is 2.91. The van der Waals surface area contributed by atoms with Crippen LogP contribution >= 0.6 is 11.8 Å². The molecule has 0 aromatic carbocycles. The summed E-state index contributed by atoms with van der Waals surface area (Å²) in [5.41, 5.74) is 2.39. The van der Waals surface area contributed by atoms with Gasteiger partial charge in [0.05, 0.1) is 18.2 Å². The van der Waals surface area contributed by atoms with Gasteiger partial charge >= 0.3 is 0 Å². The van der Waals surface area contributed by atoms with Crippen molar-refractivity contribution < 1.29 is 9.21 Å². The fourth-order valence-electron chi connectivity index (χ4n) is 1.05. The van der Waals surface area contributed by atoms with Crippen molar-refractivity contribution in [3.63, 3.8) is 0 Å². The molecule has 18 heavy (non-hydrogen) atoms. The molecule has 0 radical (unpaired) electrons. The summed E-state index contributed by atoms with van der Waals surface area (Å²) in [6.07, 6.45) is 6.22. The number of hydrogen-bond acceptors (Lipinski definition) is 6. The van der Waals surface area contributed by atoms with Gasteiger partial charge in [0.25, 0.3) is 5.91 Å². The second-order valence-corrected chi connectivity index (χ2v) is 4.07. The molecule has 6 nitrogen and oxygen atoms in total. The van der Waals surface area contributed by atoms with E-state index in [-0.39, 0.29) is 11.7 Å². The zero-order chi connectivity index (χ0) is 12.6. The summed E-state index contributed by atoms with van der Waals surface area (Å²) < 4.78 is 5.02. The maximum absolute atomic E-state index is 11.4. The summed E-state index contributed by atoms with van der Waals surface area (Å²) in [6, 6.07) is 5.20. The van der Waals surface area contributed by atoms with Gasteiger partial charge in [0.15, 0.2) is 5.16 Å². The number of furan rings is 1. The smallest absolute Gasteiger partial charge is 0.250 e. The number of thioether (sulfide) groups is 1. The van der Waals surface area contributed by atoms with Gasteiger partial charge in [-0.05, 0) is 18.2 Å². The minimum Gasteiger partial charge on any atom is -0.463 e. The molecule has 1 N–H and O–H groups in total. The molecule has 7 heteroatoms. The fraction of sp³-hybridized carbons (Fsp3) is 0.0909. The van der Waals surface area contributed by atoms with E-state index in [9.17, 15) is 4.79 Å². The van der Waals surface area contributed by atoms with Gasteiger partial charge in [-0.3, -0.25) is 4.79 Å². The van der Waals surface area contributed by atoms with Crippen molar-refractivity contribution in [2.24, 2.45) is 5.10 Å². The third kappa shape index (κ3) is 4.02. The highest BCUT2D eigenvalue weighted by molar-refractivity contribution is 7.99. The Morgan fingerprint density at radius 2 is 2.28 bits per heavy atom. The molecule has 0 fully saturated rings. The average molecular weight is 262 g/mol. The lowest BCUT2D eigenvalue weighted by atomic mass is 10.5. The van der Waals surface area contributed by atoms with Crippen LogP contribution in [0, 0.1) is 0 Å². The molecule has 0 spiro atoms. The lowest BCUT2D eigenvalue weighted by Gasteiger charge is -1.98. The molecule has 0 aliphatic carbocycles. The molecule has 0 atom stereocenters. The Morgan fingerprint density at radius 3 is 3.00 bits per heavy atom. The molecule has 0 saturated heterocycles. The quantitative estimate of drug-likeness (QED) is 0.380. The lowest BCUT2D eigenvalue weighted by Crippen LogP contribution is -2.19. The van der Waals surface area contributed by atoms with E-state index in [1.807, 2.05) is 0 Å². The zero-order valence-electron chi connectivity index (χ0n) is 9.31. The van der Waals surface area contributed by atoms with Crippen LogP contribution in [-0.4, -0.2) is 27.8 Å². The summed E-state index contributed by atoms with van der Waals surface area (Å²) in [4.78, 5) is 19.4. The highest BCUT2D eigenvalue weighted by Crippen LogP contribution is 2.09. The van der Waals surface area contributed by atoms with Crippen LogP contribution in [0.25, 0.3) is 0 Å². The van der Waals surface area contributed by atoms with Crippen LogP contribution in [0.3, 0.4) is 0 Å². The van der Waals surface area contributed by atoms with Crippen LogP contribution < -0.4 is 5.43 Å². The Bertz CT molecular complexity index is 513. The van der Waals surface area contributed by atoms with Gasteiger partial charge in [0.1, 0.15) is 5.76 Å². The summed E-state index contributed by atoms with van der Waals surface area (Å²) in [5, 5.41) is 4.31. The number of nitrogens with one attached hydrogen (secondary N) is 1. The van der Waals surface area contributed by atoms with E-state index in [0.717, 1.165) is 0 Å². The molecule has 0 bridgehead atoms. The molecule has 2 rings (SSSR count). The van der Waals surface area contributed by atoms with E-state index in [1.165, 1.54) is 24.2 Å². The summed E-state index contributed by atoms with van der Waals surface area (Å²) in [5.74, 6) is 0.559. The van der Waals surface area contributed by atoms with Crippen LogP contribution in [0.15, 0.2) is 51.5 Å². The number of carbonyl (C=O) groups is 1. The number of carbonyl (C=O) groups excluding carboxylic acids is 1. The molecule has 2 aromatic rings. The van der Waals surface area contributed by atoms with Crippen molar-refractivity contribution in [1.29, 1.82) is 0 Å². The number of aromatic nitrogens is 2. The number of hydrogen-bond donors (Lipinski definition) is 1. The fourth-order valence-corrected chi connectivity index (χ4v) is 1.65. The Hall–Kier alpha value is -2.15. The lowest BCUT2D eigenvalue weighted by molar-refractivity contribution is -0.118. The van der Waals surface area contributed by atoms with E-state index in [4.69, 9.17) is 4.42 Å². The van der Waals surface area contributed by atoms with Crippen molar-refractivity contribution in [3.8, 4) is 0 Å². The first-order valence-electron chi connectivity index (χ1n) is 5.10. The highest BCUT2D eigenvalue weighted by atomic mass is 32.2. The molecular weight excluding hydrogens is 252 g/mol. The monoisotopic (exact) mass is 262 g/mol. The molecule has 1 amide bonds. The van der Waals surface area contributed by atoms with Gasteiger partial charge in [-0.15, -0.1) is 0 Å². The van der Waals surface area contributed by atoms with E-state index in [2.05, 4.69) is 20.5 Å². The number of hydrazone groups is 1. The van der Waals surface area contributed by atoms with E-state index < -0.39 is 0 Å². The second-order valence-electron chi connectivity index (χ2n) is 3.13. The van der Waals surface area contributed by atoms with Crippen LogP contribution in [0.5, 0.6) is 0 Å². The van der Waals surface area contributed by atoms with Crippen molar-refractivity contribution in [2.45, 2.75) is 5.16 Å². The first-order chi connectivity index (χ1) is 8.84. The molecule has 0 saturated carbocycles. The summed E-state index contributed by atoms with van der Waals surface area (Å²) >= 11 is 1.24. The van der Waals surface area contributed by atoms with Crippen LogP contribution in [-0.2, 0) is 4.79 Å². The van der Waals surface area contributed by atoms with Gasteiger partial charge in [0.2, 0.25) is 0 Å². The molecule has 0 unspecified atom stereocenters. The van der Waals surface area contributed by atoms with E-state index >= 15 is 0 Å². The largest absolute Gasteiger partial charge is 0.463 e. The highest BCUT2D eigenvalue weighted by Gasteiger charge is 2.02. The first kappa shape index (κ1) is 12.3. The zero-order valence-corrected chi connectivity index (χ0v) is 10.1. The van der Waals surface area contributed by atoms with Crippen LogP contribution in [0.1, 0.15) is 5.76 Å². The Balaban J connectivity index is 1.73. The number of rotatable bonds is 5. The van der Waals surface area contributed by atoms with Gasteiger partial charge in [-0.1, -0.05) is 11.8 Å². The van der Waals surface area contributed by atoms with Crippen LogP contribution in [0.4, 0.5) is 0 Å². The van der Waals surface area contributed by atoms with Crippen LogP contribution in [0.2, 0.25) is 0 Å². The minimum absolute atomic E-state index is 0.208. The van der Waals surface area contributed by atoms with Gasteiger partial charge < -0.3 is 4.42 Å². The first-order valence-corrected chi connectivity index (χ1v) is 6.08. The van der Waals surface area contributed by atoms with Crippen molar-refractivity contribution in [1.82, 2.24) is 15.4 Å². The van der Waals surface area contributed by atoms with Crippen molar-refractivity contribution >= 4 is 23.9 Å². The van der Waals surface area contributed by atoms with E-state index in [0.29, 0.717) is 10.9 Å². The van der Waals surface area contributed by atoms with Crippen molar-refractivity contribution in [2.75, 3.05) is 5.75 Å². The minimum atomic E-state index is -0.227. The normalized spacial score (nSPS) is 10.7. The SMILES string of the molecule is O=C(CSc1ncccn1)N/N=C\c1ccco1. The Labute approximate surface area is 108 Å². The third-order valence-corrected chi connectivity index (χ3v) is 2.67. The van der Waals surface area contributed by atoms with E-state index in [1.54, 1.807) is 30.6 Å². The maximum Gasteiger partial charge on any atom is 0.250 e. The molecule has 0 aliphatic heterocycles. The second kappa shape index (κ2) is 6.55. The Kier molecular flexibility index (Phi) is 4.48. The molecule has 92 valence electrons. The Morgan fingerprint density at radius 1 is 1.44 bits per heavy atom. The molecule has 2 heterocycles. The molecule has 0 aliphatic rings. The van der Waals surface area contributed by atoms with Gasteiger partial charge in [-0.25, -0.2) is 15.4 Å². The molecule has 2 aromatic heterocycles.